The van der Waals surface area contributed by atoms with Gasteiger partial charge in [-0.25, -0.2) is 0 Å². The van der Waals surface area contributed by atoms with Crippen molar-refractivity contribution in [1.82, 2.24) is 5.32 Å². The molecule has 104 valence electrons. The van der Waals surface area contributed by atoms with Gasteiger partial charge in [0, 0.05) is 11.1 Å². The highest BCUT2D eigenvalue weighted by molar-refractivity contribution is 6.42. The molecule has 1 aromatic rings. The second-order valence-corrected chi connectivity index (χ2v) is 5.96. The highest BCUT2D eigenvalue weighted by Crippen LogP contribution is 2.19. The SMILES string of the molecule is CCC(C)c1ccc(C(=O)C(=O)NC(C)(C)C)cc1. The molecule has 0 aliphatic heterocycles. The molecule has 3 nitrogen and oxygen atoms in total. The maximum Gasteiger partial charge on any atom is 0.292 e. The number of hydrogen-bond donors (Lipinski definition) is 1. The zero-order chi connectivity index (χ0) is 14.6. The first-order valence-corrected chi connectivity index (χ1v) is 6.71. The number of benzene rings is 1. The molecular weight excluding hydrogens is 238 g/mol. The molecule has 19 heavy (non-hydrogen) atoms. The molecule has 0 aliphatic rings. The van der Waals surface area contributed by atoms with Gasteiger partial charge in [-0.2, -0.15) is 0 Å². The monoisotopic (exact) mass is 261 g/mol. The maximum absolute atomic E-state index is 12.0. The van der Waals surface area contributed by atoms with Gasteiger partial charge in [-0.1, -0.05) is 38.1 Å². The number of hydrogen-bond acceptors (Lipinski definition) is 2. The van der Waals surface area contributed by atoms with Crippen molar-refractivity contribution in [1.29, 1.82) is 0 Å². The van der Waals surface area contributed by atoms with Crippen LogP contribution in [0.2, 0.25) is 0 Å². The molecule has 1 aromatic carbocycles. The molecule has 1 rings (SSSR count). The molecule has 0 radical (unpaired) electrons. The van der Waals surface area contributed by atoms with Gasteiger partial charge >= 0.3 is 0 Å². The smallest absolute Gasteiger partial charge is 0.292 e. The fourth-order valence-corrected chi connectivity index (χ4v) is 1.73. The summed E-state index contributed by atoms with van der Waals surface area (Å²) in [4.78, 5) is 23.7. The second-order valence-electron chi connectivity index (χ2n) is 5.96. The molecule has 0 fully saturated rings. The lowest BCUT2D eigenvalue weighted by molar-refractivity contribution is -0.118. The van der Waals surface area contributed by atoms with Crippen molar-refractivity contribution >= 4 is 11.7 Å². The summed E-state index contributed by atoms with van der Waals surface area (Å²) in [5, 5.41) is 2.68. The second kappa shape index (κ2) is 6.00. The predicted octanol–water partition coefficient (Wildman–Crippen LogP) is 3.30. The van der Waals surface area contributed by atoms with Crippen molar-refractivity contribution in [2.24, 2.45) is 0 Å². The molecule has 0 aliphatic carbocycles. The molecule has 1 atom stereocenters. The van der Waals surface area contributed by atoms with Crippen LogP contribution in [0.5, 0.6) is 0 Å². The fraction of sp³-hybridized carbons (Fsp3) is 0.500. The highest BCUT2D eigenvalue weighted by atomic mass is 16.2. The minimum Gasteiger partial charge on any atom is -0.345 e. The van der Waals surface area contributed by atoms with Crippen LogP contribution in [-0.4, -0.2) is 17.2 Å². The van der Waals surface area contributed by atoms with E-state index < -0.39 is 17.2 Å². The van der Waals surface area contributed by atoms with E-state index in [0.29, 0.717) is 11.5 Å². The van der Waals surface area contributed by atoms with Crippen molar-refractivity contribution in [3.63, 3.8) is 0 Å². The number of amides is 1. The first-order valence-electron chi connectivity index (χ1n) is 6.71. The summed E-state index contributed by atoms with van der Waals surface area (Å²) in [6, 6.07) is 7.30. The van der Waals surface area contributed by atoms with Crippen molar-refractivity contribution in [2.75, 3.05) is 0 Å². The Morgan fingerprint density at radius 1 is 1.16 bits per heavy atom. The molecule has 1 amide bonds. The highest BCUT2D eigenvalue weighted by Gasteiger charge is 2.21. The summed E-state index contributed by atoms with van der Waals surface area (Å²) in [6.45, 7) is 9.82. The van der Waals surface area contributed by atoms with Gasteiger partial charge in [-0.3, -0.25) is 9.59 Å². The molecule has 0 spiro atoms. The molecule has 1 N–H and O–H groups in total. The molecule has 0 saturated heterocycles. The summed E-state index contributed by atoms with van der Waals surface area (Å²) >= 11 is 0. The number of carbonyl (C=O) groups excluding carboxylic acids is 2. The van der Waals surface area contributed by atoms with Crippen molar-refractivity contribution < 1.29 is 9.59 Å². The lowest BCUT2D eigenvalue weighted by Crippen LogP contribution is -2.44. The van der Waals surface area contributed by atoms with E-state index in [1.165, 1.54) is 5.56 Å². The maximum atomic E-state index is 12.0. The Morgan fingerprint density at radius 3 is 2.11 bits per heavy atom. The van der Waals surface area contributed by atoms with Gasteiger partial charge in [-0.05, 0) is 38.7 Å². The summed E-state index contributed by atoms with van der Waals surface area (Å²) in [6.07, 6.45) is 1.05. The molecule has 3 heteroatoms. The van der Waals surface area contributed by atoms with Crippen LogP contribution in [0.4, 0.5) is 0 Å². The average Bonchev–Trinajstić information content (AvgIpc) is 2.35. The van der Waals surface area contributed by atoms with Gasteiger partial charge in [0.2, 0.25) is 5.78 Å². The molecular formula is C16H23NO2. The lowest BCUT2D eigenvalue weighted by atomic mass is 9.96. The molecule has 0 heterocycles. The van der Waals surface area contributed by atoms with Crippen LogP contribution in [0.25, 0.3) is 0 Å². The number of rotatable bonds is 4. The van der Waals surface area contributed by atoms with Gasteiger partial charge in [0.1, 0.15) is 0 Å². The topological polar surface area (TPSA) is 46.2 Å². The van der Waals surface area contributed by atoms with Crippen molar-refractivity contribution in [2.45, 2.75) is 52.5 Å². The number of Topliss-reactive ketones (excluding diaryl/α,β-unsaturated/α-hetero) is 1. The molecule has 0 bridgehead atoms. The van der Waals surface area contributed by atoms with Crippen LogP contribution in [-0.2, 0) is 4.79 Å². The van der Waals surface area contributed by atoms with Crippen molar-refractivity contribution in [3.05, 3.63) is 35.4 Å². The lowest BCUT2D eigenvalue weighted by Gasteiger charge is -2.19. The molecule has 0 aromatic heterocycles. The van der Waals surface area contributed by atoms with Crippen LogP contribution in [0.15, 0.2) is 24.3 Å². The van der Waals surface area contributed by atoms with Crippen LogP contribution in [0, 0.1) is 0 Å². The zero-order valence-corrected chi connectivity index (χ0v) is 12.4. The van der Waals surface area contributed by atoms with Crippen LogP contribution in [0.1, 0.15) is 62.9 Å². The average molecular weight is 261 g/mol. The van der Waals surface area contributed by atoms with E-state index in [9.17, 15) is 9.59 Å². The van der Waals surface area contributed by atoms with E-state index in [0.717, 1.165) is 6.42 Å². The third-order valence-electron chi connectivity index (χ3n) is 3.05. The van der Waals surface area contributed by atoms with E-state index >= 15 is 0 Å². The van der Waals surface area contributed by atoms with Gasteiger partial charge in [0.05, 0.1) is 0 Å². The van der Waals surface area contributed by atoms with E-state index in [1.54, 1.807) is 12.1 Å². The molecule has 1 unspecified atom stereocenters. The van der Waals surface area contributed by atoms with E-state index in [1.807, 2.05) is 32.9 Å². The summed E-state index contributed by atoms with van der Waals surface area (Å²) in [7, 11) is 0. The third-order valence-corrected chi connectivity index (χ3v) is 3.05. The van der Waals surface area contributed by atoms with Crippen LogP contribution < -0.4 is 5.32 Å². The Bertz CT molecular complexity index is 455. The summed E-state index contributed by atoms with van der Waals surface area (Å²) in [5.74, 6) is -0.568. The zero-order valence-electron chi connectivity index (χ0n) is 12.4. The molecule has 0 saturated carbocycles. The Hall–Kier alpha value is -1.64. The minimum absolute atomic E-state index is 0.399. The standard InChI is InChI=1S/C16H23NO2/c1-6-11(2)12-7-9-13(10-8-12)14(18)15(19)17-16(3,4)5/h7-11H,6H2,1-5H3,(H,17,19). The van der Waals surface area contributed by atoms with Crippen molar-refractivity contribution in [3.8, 4) is 0 Å². The Kier molecular flexibility index (Phi) is 4.87. The Balaban J connectivity index is 2.81. The van der Waals surface area contributed by atoms with E-state index in [2.05, 4.69) is 19.2 Å². The first-order chi connectivity index (χ1) is 8.74. The normalized spacial score (nSPS) is 12.9. The predicted molar refractivity (Wildman–Crippen MR) is 77.4 cm³/mol. The van der Waals surface area contributed by atoms with Gasteiger partial charge in [0.25, 0.3) is 5.91 Å². The van der Waals surface area contributed by atoms with Gasteiger partial charge < -0.3 is 5.32 Å². The number of carbonyl (C=O) groups is 2. The summed E-state index contributed by atoms with van der Waals surface area (Å²) < 4.78 is 0. The summed E-state index contributed by atoms with van der Waals surface area (Å²) in [5.41, 5.74) is 1.23. The number of ketones is 1. The fourth-order valence-electron chi connectivity index (χ4n) is 1.73. The van der Waals surface area contributed by atoms with E-state index in [4.69, 9.17) is 0 Å². The van der Waals surface area contributed by atoms with Crippen LogP contribution >= 0.6 is 0 Å². The van der Waals surface area contributed by atoms with Gasteiger partial charge in [0.15, 0.2) is 0 Å². The van der Waals surface area contributed by atoms with Crippen LogP contribution in [0.3, 0.4) is 0 Å². The van der Waals surface area contributed by atoms with E-state index in [-0.39, 0.29) is 0 Å². The first kappa shape index (κ1) is 15.4. The Labute approximate surface area is 115 Å². The minimum atomic E-state index is -0.552. The number of nitrogens with one attached hydrogen (secondary N) is 1. The van der Waals surface area contributed by atoms with Gasteiger partial charge in [-0.15, -0.1) is 0 Å². The largest absolute Gasteiger partial charge is 0.345 e. The Morgan fingerprint density at radius 2 is 1.68 bits per heavy atom. The third kappa shape index (κ3) is 4.51. The quantitative estimate of drug-likeness (QED) is 0.667.